The van der Waals surface area contributed by atoms with Crippen LogP contribution in [0.1, 0.15) is 48.1 Å². The van der Waals surface area contributed by atoms with E-state index in [0.29, 0.717) is 15.5 Å². The molecule has 1 saturated heterocycles. The van der Waals surface area contributed by atoms with E-state index in [1.54, 1.807) is 30.3 Å². The van der Waals surface area contributed by atoms with Gasteiger partial charge in [0.25, 0.3) is 10.0 Å². The highest BCUT2D eigenvalue weighted by Gasteiger charge is 2.52. The molecule has 0 saturated carbocycles. The number of aromatic nitrogens is 4. The number of pyridine rings is 1. The smallest absolute Gasteiger partial charge is 0.399 e. The molecule has 3 aromatic heterocycles. The van der Waals surface area contributed by atoms with E-state index in [2.05, 4.69) is 10.1 Å². The zero-order chi connectivity index (χ0) is 27.2. The van der Waals surface area contributed by atoms with Gasteiger partial charge in [0.15, 0.2) is 5.65 Å². The van der Waals surface area contributed by atoms with Gasteiger partial charge in [0, 0.05) is 28.8 Å². The van der Waals surface area contributed by atoms with Gasteiger partial charge in [-0.1, -0.05) is 32.0 Å². The van der Waals surface area contributed by atoms with Crippen molar-refractivity contribution in [2.24, 2.45) is 0 Å². The molecule has 0 atom stereocenters. The van der Waals surface area contributed by atoms with Gasteiger partial charge in [-0.2, -0.15) is 13.9 Å². The summed E-state index contributed by atoms with van der Waals surface area (Å²) in [6, 6.07) is 11.2. The Bertz CT molecular complexity index is 1500. The number of alkyl halides is 2. The maximum atomic E-state index is 13.7. The second kappa shape index (κ2) is 9.66. The second-order valence-electron chi connectivity index (χ2n) is 9.37. The van der Waals surface area contributed by atoms with Crippen molar-refractivity contribution in [3.8, 4) is 11.3 Å². The molecule has 0 amide bonds. The third-order valence-electron chi connectivity index (χ3n) is 6.52. The van der Waals surface area contributed by atoms with Gasteiger partial charge >= 0.3 is 13.7 Å². The van der Waals surface area contributed by atoms with E-state index in [0.717, 1.165) is 10.2 Å². The van der Waals surface area contributed by atoms with Gasteiger partial charge in [-0.05, 0) is 52.0 Å². The summed E-state index contributed by atoms with van der Waals surface area (Å²) < 4.78 is 67.4. The Morgan fingerprint density at radius 1 is 0.973 bits per heavy atom. The van der Waals surface area contributed by atoms with E-state index in [-0.39, 0.29) is 21.8 Å². The lowest BCUT2D eigenvalue weighted by Gasteiger charge is -2.32. The molecule has 0 N–H and O–H groups in total. The van der Waals surface area contributed by atoms with Crippen LogP contribution in [0.3, 0.4) is 0 Å². The fraction of sp³-hybridized carbons (Fsp3) is 0.360. The number of hydrogen-bond acceptors (Lipinski definition) is 6. The van der Waals surface area contributed by atoms with Crippen molar-refractivity contribution in [2.45, 2.75) is 64.2 Å². The zero-order valence-electron chi connectivity index (χ0n) is 21.5. The van der Waals surface area contributed by atoms with Crippen molar-refractivity contribution in [1.29, 1.82) is 0 Å². The van der Waals surface area contributed by atoms with E-state index in [4.69, 9.17) is 9.31 Å². The molecule has 37 heavy (non-hydrogen) atoms. The Kier molecular flexibility index (Phi) is 7.04. The number of benzene rings is 1. The van der Waals surface area contributed by atoms with Gasteiger partial charge in [-0.15, -0.1) is 0 Å². The van der Waals surface area contributed by atoms with Crippen LogP contribution < -0.4 is 5.46 Å². The van der Waals surface area contributed by atoms with Crippen molar-refractivity contribution >= 4 is 33.6 Å². The predicted octanol–water partition coefficient (Wildman–Crippen LogP) is 4.86. The molecule has 0 unspecified atom stereocenters. The van der Waals surface area contributed by atoms with Crippen LogP contribution in [0.25, 0.3) is 22.3 Å². The number of nitrogens with zero attached hydrogens (tertiary/aromatic N) is 4. The molecule has 0 aliphatic carbocycles. The maximum absolute atomic E-state index is 13.7. The van der Waals surface area contributed by atoms with Crippen molar-refractivity contribution in [2.75, 3.05) is 0 Å². The van der Waals surface area contributed by atoms with Crippen LogP contribution in [0.15, 0.2) is 66.0 Å². The van der Waals surface area contributed by atoms with Gasteiger partial charge < -0.3 is 9.31 Å². The summed E-state index contributed by atoms with van der Waals surface area (Å²) in [6.45, 7) is 8.86. The first-order chi connectivity index (χ1) is 17.4. The number of halogens is 2. The lowest BCUT2D eigenvalue weighted by atomic mass is 9.80. The monoisotopic (exact) mass is 530 g/mol. The van der Waals surface area contributed by atoms with Crippen molar-refractivity contribution in [3.63, 3.8) is 0 Å². The molecule has 0 radical (unpaired) electrons. The Hall–Kier alpha value is -3.09. The molecule has 196 valence electrons. The average molecular weight is 530 g/mol. The van der Waals surface area contributed by atoms with Gasteiger partial charge in [0.05, 0.1) is 28.0 Å². The van der Waals surface area contributed by atoms with Crippen LogP contribution in [0.4, 0.5) is 8.78 Å². The van der Waals surface area contributed by atoms with Crippen molar-refractivity contribution < 1.29 is 26.5 Å². The summed E-state index contributed by atoms with van der Waals surface area (Å²) in [5.74, 6) is 0. The van der Waals surface area contributed by atoms with Gasteiger partial charge in [0.2, 0.25) is 0 Å². The van der Waals surface area contributed by atoms with E-state index in [9.17, 15) is 17.2 Å². The van der Waals surface area contributed by atoms with E-state index in [1.165, 1.54) is 24.5 Å². The summed E-state index contributed by atoms with van der Waals surface area (Å²) in [6.07, 6.45) is 3.81. The topological polar surface area (TPSA) is 88.2 Å². The van der Waals surface area contributed by atoms with Gasteiger partial charge in [-0.3, -0.25) is 0 Å². The molecule has 5 rings (SSSR count). The van der Waals surface area contributed by atoms with Crippen LogP contribution in [0.5, 0.6) is 0 Å². The molecule has 1 aromatic carbocycles. The van der Waals surface area contributed by atoms with E-state index < -0.39 is 34.9 Å². The highest BCUT2D eigenvalue weighted by molar-refractivity contribution is 7.90. The number of fused-ring (bicyclic) bond motifs is 1. The normalized spacial score (nSPS) is 16.7. The van der Waals surface area contributed by atoms with Crippen LogP contribution in [-0.4, -0.2) is 45.5 Å². The number of hydrogen-bond donors (Lipinski definition) is 0. The Labute approximate surface area is 215 Å². The van der Waals surface area contributed by atoms with Gasteiger partial charge in [-0.25, -0.2) is 22.1 Å². The first-order valence-corrected chi connectivity index (χ1v) is 13.3. The maximum Gasteiger partial charge on any atom is 0.496 e. The Morgan fingerprint density at radius 3 is 2.16 bits per heavy atom. The first kappa shape index (κ1) is 27.0. The molecule has 4 heterocycles. The molecular weight excluding hydrogens is 501 g/mol. The molecule has 0 spiro atoms. The molecule has 1 fully saturated rings. The first-order valence-electron chi connectivity index (χ1n) is 11.9. The molecule has 12 heteroatoms. The molecule has 4 aromatic rings. The summed E-state index contributed by atoms with van der Waals surface area (Å²) >= 11 is 0. The summed E-state index contributed by atoms with van der Waals surface area (Å²) in [7, 11) is -4.81. The predicted molar refractivity (Wildman–Crippen MR) is 138 cm³/mol. The fourth-order valence-corrected chi connectivity index (χ4v) is 5.42. The highest BCUT2D eigenvalue weighted by atomic mass is 32.2. The summed E-state index contributed by atoms with van der Waals surface area (Å²) in [5.41, 5.74) is -0.00231. The zero-order valence-corrected chi connectivity index (χ0v) is 22.3. The Balaban J connectivity index is 0.00000156. The largest absolute Gasteiger partial charge is 0.496 e. The average Bonchev–Trinajstić information content (AvgIpc) is 3.55. The van der Waals surface area contributed by atoms with Gasteiger partial charge in [0.1, 0.15) is 0 Å². The number of rotatable bonds is 5. The minimum atomic E-state index is -4.11. The second-order valence-corrected chi connectivity index (χ2v) is 11.2. The Morgan fingerprint density at radius 2 is 1.59 bits per heavy atom. The minimum absolute atomic E-state index is 0.0387. The SMILES string of the molecule is CC.CC1(C)OB(c2cnc3c(c2)cc(-c2cnn(C(F)F)c2)n3S(=O)(=O)c2ccccc2)OC1(C)C. The third kappa shape index (κ3) is 4.69. The third-order valence-corrected chi connectivity index (χ3v) is 8.24. The molecule has 8 nitrogen and oxygen atoms in total. The van der Waals surface area contributed by atoms with Crippen molar-refractivity contribution in [3.05, 3.63) is 61.1 Å². The lowest BCUT2D eigenvalue weighted by molar-refractivity contribution is 0.00578. The van der Waals surface area contributed by atoms with Crippen LogP contribution in [0.2, 0.25) is 0 Å². The minimum Gasteiger partial charge on any atom is -0.399 e. The highest BCUT2D eigenvalue weighted by Crippen LogP contribution is 2.37. The standard InChI is InChI=1S/C23H23BF2N4O4S.C2H6/c1-22(2)23(3,4)34-24(33-22)17-10-15-11-19(16-12-28-29(14-16)21(25)26)30(20(15)27-13-17)35(31,32)18-8-6-5-7-9-18;1-2/h5-14,21H,1-4H3;1-2H3. The molecular formula is C25H29BF2N4O4S. The quantitative estimate of drug-likeness (QED) is 0.343. The van der Waals surface area contributed by atoms with Crippen LogP contribution in [0, 0.1) is 0 Å². The van der Waals surface area contributed by atoms with Crippen LogP contribution >= 0.6 is 0 Å². The molecule has 1 aliphatic rings. The fourth-order valence-electron chi connectivity index (χ4n) is 3.91. The van der Waals surface area contributed by atoms with E-state index >= 15 is 0 Å². The lowest BCUT2D eigenvalue weighted by Crippen LogP contribution is -2.41. The summed E-state index contributed by atoms with van der Waals surface area (Å²) in [4.78, 5) is 4.49. The molecule has 1 aliphatic heterocycles. The summed E-state index contributed by atoms with van der Waals surface area (Å²) in [5, 5.41) is 4.15. The van der Waals surface area contributed by atoms with E-state index in [1.807, 2.05) is 41.5 Å². The van der Waals surface area contributed by atoms with Crippen molar-refractivity contribution in [1.82, 2.24) is 18.7 Å². The van der Waals surface area contributed by atoms with Crippen LogP contribution in [-0.2, 0) is 19.3 Å². The molecule has 0 bridgehead atoms.